The number of hydrogen-bond donors (Lipinski definition) is 2. The second-order valence-corrected chi connectivity index (χ2v) is 6.45. The van der Waals surface area contributed by atoms with Crippen molar-refractivity contribution < 1.29 is 19.1 Å². The van der Waals surface area contributed by atoms with Gasteiger partial charge in [0.2, 0.25) is 11.8 Å². The Kier molecular flexibility index (Phi) is 5.70. The first-order valence-corrected chi connectivity index (χ1v) is 8.73. The van der Waals surface area contributed by atoms with Gasteiger partial charge in [-0.2, -0.15) is 0 Å². The highest BCUT2D eigenvalue weighted by Gasteiger charge is 2.27. The number of H-pyrrole nitrogens is 1. The molecule has 0 spiro atoms. The molecular formula is C18H23N5O4. The van der Waals surface area contributed by atoms with Crippen LogP contribution in [0.1, 0.15) is 23.7 Å². The molecule has 1 saturated heterocycles. The molecule has 27 heavy (non-hydrogen) atoms. The number of rotatable bonds is 7. The zero-order valence-corrected chi connectivity index (χ0v) is 15.4. The second kappa shape index (κ2) is 8.17. The maximum atomic E-state index is 12.5. The van der Waals surface area contributed by atoms with Crippen LogP contribution in [-0.2, 0) is 9.53 Å². The third kappa shape index (κ3) is 4.25. The van der Waals surface area contributed by atoms with Crippen LogP contribution in [-0.4, -0.2) is 70.6 Å². The van der Waals surface area contributed by atoms with Crippen molar-refractivity contribution >= 4 is 23.0 Å². The lowest BCUT2D eigenvalue weighted by molar-refractivity contribution is -0.125. The lowest BCUT2D eigenvalue weighted by Gasteiger charge is -2.15. The van der Waals surface area contributed by atoms with Gasteiger partial charge in [0.15, 0.2) is 5.65 Å². The number of hydrogen-bond acceptors (Lipinski definition) is 6. The van der Waals surface area contributed by atoms with Crippen molar-refractivity contribution in [2.45, 2.75) is 25.5 Å². The van der Waals surface area contributed by atoms with Gasteiger partial charge in [0, 0.05) is 32.3 Å². The van der Waals surface area contributed by atoms with Crippen LogP contribution in [0.2, 0.25) is 0 Å². The van der Waals surface area contributed by atoms with Gasteiger partial charge in [0.1, 0.15) is 11.6 Å². The number of amides is 2. The molecule has 1 aliphatic heterocycles. The molecule has 144 valence electrons. The van der Waals surface area contributed by atoms with E-state index in [1.807, 2.05) is 6.92 Å². The van der Waals surface area contributed by atoms with Crippen molar-refractivity contribution in [3.63, 3.8) is 0 Å². The van der Waals surface area contributed by atoms with Crippen LogP contribution >= 0.6 is 0 Å². The summed E-state index contributed by atoms with van der Waals surface area (Å²) in [5.41, 5.74) is 1.33. The number of fused-ring (bicyclic) bond motifs is 1. The molecule has 0 saturated carbocycles. The topological polar surface area (TPSA) is 109 Å². The number of aromatic amines is 1. The van der Waals surface area contributed by atoms with E-state index >= 15 is 0 Å². The fourth-order valence-electron chi connectivity index (χ4n) is 3.02. The Hall–Kier alpha value is -2.94. The van der Waals surface area contributed by atoms with Crippen molar-refractivity contribution in [3.8, 4) is 5.88 Å². The summed E-state index contributed by atoms with van der Waals surface area (Å²) in [5.74, 6) is -0.0581. The van der Waals surface area contributed by atoms with Gasteiger partial charge in [-0.1, -0.05) is 6.58 Å². The minimum Gasteiger partial charge on any atom is -0.471 e. The second-order valence-electron chi connectivity index (χ2n) is 6.45. The number of nitrogens with zero attached hydrogens (tertiary/aromatic N) is 3. The first-order chi connectivity index (χ1) is 13.0. The fraction of sp³-hybridized carbons (Fsp3) is 0.444. The highest BCUT2D eigenvalue weighted by Crippen LogP contribution is 2.21. The highest BCUT2D eigenvalue weighted by molar-refractivity contribution is 6.04. The van der Waals surface area contributed by atoms with E-state index in [0.717, 1.165) is 0 Å². The van der Waals surface area contributed by atoms with E-state index < -0.39 is 0 Å². The van der Waals surface area contributed by atoms with Crippen molar-refractivity contribution in [2.75, 3.05) is 26.8 Å². The summed E-state index contributed by atoms with van der Waals surface area (Å²) in [4.78, 5) is 37.5. The molecule has 2 atom stereocenters. The Morgan fingerprint density at radius 2 is 2.37 bits per heavy atom. The van der Waals surface area contributed by atoms with Crippen LogP contribution < -0.4 is 10.1 Å². The molecule has 9 heteroatoms. The SMILES string of the molecule is C=CC(=O)N1CCC(Oc2cnc3[nH]cc(C(=O)NC(C)COC)c3n2)C1. The maximum absolute atomic E-state index is 12.5. The van der Waals surface area contributed by atoms with Crippen LogP contribution in [0, 0.1) is 0 Å². The van der Waals surface area contributed by atoms with Crippen molar-refractivity contribution in [3.05, 3.63) is 30.6 Å². The van der Waals surface area contributed by atoms with E-state index in [0.29, 0.717) is 48.7 Å². The minimum absolute atomic E-state index is 0.114. The fourth-order valence-corrected chi connectivity index (χ4v) is 3.02. The number of aromatic nitrogens is 3. The first-order valence-electron chi connectivity index (χ1n) is 8.73. The van der Waals surface area contributed by atoms with Crippen molar-refractivity contribution in [1.82, 2.24) is 25.2 Å². The number of carbonyl (C=O) groups excluding carboxylic acids is 2. The predicted octanol–water partition coefficient (Wildman–Crippen LogP) is 0.888. The zero-order chi connectivity index (χ0) is 19.4. The monoisotopic (exact) mass is 373 g/mol. The van der Waals surface area contributed by atoms with E-state index in [2.05, 4.69) is 26.8 Å². The molecule has 0 radical (unpaired) electrons. The van der Waals surface area contributed by atoms with Gasteiger partial charge in [-0.05, 0) is 13.0 Å². The lowest BCUT2D eigenvalue weighted by Crippen LogP contribution is -2.35. The molecule has 9 nitrogen and oxygen atoms in total. The summed E-state index contributed by atoms with van der Waals surface area (Å²) >= 11 is 0. The third-order valence-electron chi connectivity index (χ3n) is 4.32. The van der Waals surface area contributed by atoms with Gasteiger partial charge in [0.05, 0.1) is 24.9 Å². The van der Waals surface area contributed by atoms with Gasteiger partial charge in [0.25, 0.3) is 5.91 Å². The average molecular weight is 373 g/mol. The molecule has 2 N–H and O–H groups in total. The molecule has 0 aromatic carbocycles. The van der Waals surface area contributed by atoms with E-state index in [-0.39, 0.29) is 24.0 Å². The quantitative estimate of drug-likeness (QED) is 0.698. The van der Waals surface area contributed by atoms with Gasteiger partial charge >= 0.3 is 0 Å². The number of likely N-dealkylation sites (tertiary alicyclic amines) is 1. The largest absolute Gasteiger partial charge is 0.471 e. The highest BCUT2D eigenvalue weighted by atomic mass is 16.5. The Morgan fingerprint density at radius 3 is 3.11 bits per heavy atom. The summed E-state index contributed by atoms with van der Waals surface area (Å²) in [6.45, 7) is 6.85. The van der Waals surface area contributed by atoms with Gasteiger partial charge in [-0.3, -0.25) is 9.59 Å². The summed E-state index contributed by atoms with van der Waals surface area (Å²) in [6, 6.07) is -0.133. The Morgan fingerprint density at radius 1 is 1.56 bits per heavy atom. The smallest absolute Gasteiger partial charge is 0.255 e. The van der Waals surface area contributed by atoms with Crippen molar-refractivity contribution in [2.24, 2.45) is 0 Å². The van der Waals surface area contributed by atoms with Crippen LogP contribution in [0.5, 0.6) is 5.88 Å². The van der Waals surface area contributed by atoms with E-state index in [1.54, 1.807) is 18.2 Å². The van der Waals surface area contributed by atoms with E-state index in [1.165, 1.54) is 12.3 Å². The minimum atomic E-state index is -0.263. The van der Waals surface area contributed by atoms with E-state index in [9.17, 15) is 9.59 Å². The molecule has 2 amide bonds. The van der Waals surface area contributed by atoms with Gasteiger partial charge in [-0.25, -0.2) is 9.97 Å². The molecule has 0 aliphatic carbocycles. The number of carbonyl (C=O) groups is 2. The molecule has 2 unspecified atom stereocenters. The number of ether oxygens (including phenoxy) is 2. The summed E-state index contributed by atoms with van der Waals surface area (Å²) in [5, 5.41) is 2.85. The number of nitrogens with one attached hydrogen (secondary N) is 2. The summed E-state index contributed by atoms with van der Waals surface area (Å²) < 4.78 is 10.9. The summed E-state index contributed by atoms with van der Waals surface area (Å²) in [7, 11) is 1.58. The molecule has 2 aromatic rings. The molecular weight excluding hydrogens is 350 g/mol. The molecule has 1 fully saturated rings. The predicted molar refractivity (Wildman–Crippen MR) is 98.5 cm³/mol. The lowest BCUT2D eigenvalue weighted by atomic mass is 10.2. The Bertz CT molecular complexity index is 849. The molecule has 0 bridgehead atoms. The summed E-state index contributed by atoms with van der Waals surface area (Å²) in [6.07, 6.45) is 4.91. The Labute approximate surface area is 156 Å². The van der Waals surface area contributed by atoms with Crippen molar-refractivity contribution in [1.29, 1.82) is 0 Å². The van der Waals surface area contributed by atoms with Gasteiger partial charge in [-0.15, -0.1) is 0 Å². The first kappa shape index (κ1) is 18.8. The molecule has 3 heterocycles. The maximum Gasteiger partial charge on any atom is 0.255 e. The molecule has 3 rings (SSSR count). The Balaban J connectivity index is 1.72. The van der Waals surface area contributed by atoms with Crippen LogP contribution in [0.4, 0.5) is 0 Å². The standard InChI is InChI=1S/C18H23N5O4/c1-4-15(24)23-6-5-12(9-23)27-14-8-20-17-16(22-14)13(7-19-17)18(25)21-11(2)10-26-3/h4,7-8,11-12H,1,5-6,9-10H2,2-3H3,(H,19,20)(H,21,25). The van der Waals surface area contributed by atoms with E-state index in [4.69, 9.17) is 9.47 Å². The van der Waals surface area contributed by atoms with Crippen LogP contribution in [0.15, 0.2) is 25.0 Å². The molecule has 2 aromatic heterocycles. The molecule has 1 aliphatic rings. The normalized spacial score (nSPS) is 17.7. The average Bonchev–Trinajstić information content (AvgIpc) is 3.28. The van der Waals surface area contributed by atoms with Gasteiger partial charge < -0.3 is 24.7 Å². The third-order valence-corrected chi connectivity index (χ3v) is 4.32. The van der Waals surface area contributed by atoms with Crippen LogP contribution in [0.3, 0.4) is 0 Å². The zero-order valence-electron chi connectivity index (χ0n) is 15.4. The van der Waals surface area contributed by atoms with Crippen LogP contribution in [0.25, 0.3) is 11.2 Å². The number of methoxy groups -OCH3 is 1.